The van der Waals surface area contributed by atoms with E-state index in [0.717, 1.165) is 39.0 Å². The Hall–Kier alpha value is -0.810. The lowest BCUT2D eigenvalue weighted by Crippen LogP contribution is -2.37. The maximum atomic E-state index is 12.0. The standard InChI is InChI=1S/C17H33N3O2/c1-17(2,3)22-16(21)20-10-8-13(12-20)7-9-19-15-6-4-5-14(15)11-18/h13-15,19H,4-12,18H2,1-3H3. The van der Waals surface area contributed by atoms with Crippen LogP contribution in [-0.4, -0.2) is 48.8 Å². The predicted molar refractivity (Wildman–Crippen MR) is 88.7 cm³/mol. The maximum Gasteiger partial charge on any atom is 0.410 e. The molecule has 0 aromatic carbocycles. The van der Waals surface area contributed by atoms with Crippen LogP contribution in [0.5, 0.6) is 0 Å². The molecule has 5 heteroatoms. The van der Waals surface area contributed by atoms with Gasteiger partial charge in [-0.2, -0.15) is 0 Å². The van der Waals surface area contributed by atoms with Crippen molar-refractivity contribution < 1.29 is 9.53 Å². The summed E-state index contributed by atoms with van der Waals surface area (Å²) in [6, 6.07) is 0.605. The minimum absolute atomic E-state index is 0.165. The largest absolute Gasteiger partial charge is 0.444 e. The minimum Gasteiger partial charge on any atom is -0.444 e. The Kier molecular flexibility index (Phi) is 6.09. The van der Waals surface area contributed by atoms with E-state index in [1.165, 1.54) is 19.3 Å². The van der Waals surface area contributed by atoms with Gasteiger partial charge in [0.2, 0.25) is 0 Å². The Morgan fingerprint density at radius 1 is 1.32 bits per heavy atom. The highest BCUT2D eigenvalue weighted by Gasteiger charge is 2.30. The minimum atomic E-state index is -0.406. The third kappa shape index (κ3) is 5.13. The second kappa shape index (κ2) is 7.64. The molecule has 1 saturated heterocycles. The van der Waals surface area contributed by atoms with Crippen molar-refractivity contribution >= 4 is 6.09 Å². The van der Waals surface area contributed by atoms with E-state index in [2.05, 4.69) is 5.32 Å². The molecule has 0 aromatic rings. The first kappa shape index (κ1) is 17.5. The van der Waals surface area contributed by atoms with Crippen LogP contribution >= 0.6 is 0 Å². The van der Waals surface area contributed by atoms with Gasteiger partial charge in [-0.1, -0.05) is 6.42 Å². The number of hydrogen-bond donors (Lipinski definition) is 2. The van der Waals surface area contributed by atoms with Gasteiger partial charge >= 0.3 is 6.09 Å². The van der Waals surface area contributed by atoms with Gasteiger partial charge in [0.1, 0.15) is 5.60 Å². The Morgan fingerprint density at radius 3 is 2.77 bits per heavy atom. The molecular weight excluding hydrogens is 278 g/mol. The number of rotatable bonds is 5. The molecule has 2 rings (SSSR count). The molecule has 3 atom stereocenters. The molecule has 2 aliphatic rings. The second-order valence-corrected chi connectivity index (χ2v) is 7.86. The molecule has 0 radical (unpaired) electrons. The molecule has 3 N–H and O–H groups in total. The van der Waals surface area contributed by atoms with E-state index >= 15 is 0 Å². The van der Waals surface area contributed by atoms with Crippen molar-refractivity contribution in [1.82, 2.24) is 10.2 Å². The molecule has 128 valence electrons. The fourth-order valence-electron chi connectivity index (χ4n) is 3.62. The van der Waals surface area contributed by atoms with Gasteiger partial charge in [0.25, 0.3) is 0 Å². The summed E-state index contributed by atoms with van der Waals surface area (Å²) in [4.78, 5) is 13.9. The van der Waals surface area contributed by atoms with Gasteiger partial charge in [0.05, 0.1) is 0 Å². The Morgan fingerprint density at radius 2 is 2.09 bits per heavy atom. The van der Waals surface area contributed by atoms with Gasteiger partial charge in [-0.3, -0.25) is 0 Å². The number of amides is 1. The molecule has 1 amide bonds. The molecule has 3 unspecified atom stereocenters. The Labute approximate surface area is 134 Å². The molecule has 0 spiro atoms. The first-order valence-electron chi connectivity index (χ1n) is 8.80. The lowest BCUT2D eigenvalue weighted by molar-refractivity contribution is 0.0287. The molecule has 22 heavy (non-hydrogen) atoms. The average Bonchev–Trinajstić information content (AvgIpc) is 3.05. The first-order valence-corrected chi connectivity index (χ1v) is 8.80. The summed E-state index contributed by atoms with van der Waals surface area (Å²) < 4.78 is 5.44. The van der Waals surface area contributed by atoms with E-state index in [1.807, 2.05) is 25.7 Å². The molecule has 1 aliphatic carbocycles. The van der Waals surface area contributed by atoms with Crippen molar-refractivity contribution in [3.05, 3.63) is 0 Å². The third-order valence-corrected chi connectivity index (χ3v) is 4.86. The number of nitrogens with one attached hydrogen (secondary N) is 1. The fourth-order valence-corrected chi connectivity index (χ4v) is 3.62. The average molecular weight is 311 g/mol. The van der Waals surface area contributed by atoms with E-state index in [0.29, 0.717) is 17.9 Å². The van der Waals surface area contributed by atoms with Crippen molar-refractivity contribution in [3.8, 4) is 0 Å². The monoisotopic (exact) mass is 311 g/mol. The SMILES string of the molecule is CC(C)(C)OC(=O)N1CCC(CCNC2CCCC2CN)C1. The number of nitrogens with two attached hydrogens (primary N) is 1. The predicted octanol–water partition coefficient (Wildman–Crippen LogP) is 2.35. The topological polar surface area (TPSA) is 67.6 Å². The number of carbonyl (C=O) groups is 1. The lowest BCUT2D eigenvalue weighted by Gasteiger charge is -2.24. The molecular formula is C17H33N3O2. The normalized spacial score (nSPS) is 29.1. The first-order chi connectivity index (χ1) is 10.4. The number of hydrogen-bond acceptors (Lipinski definition) is 4. The van der Waals surface area contributed by atoms with Crippen LogP contribution in [0.15, 0.2) is 0 Å². The van der Waals surface area contributed by atoms with Crippen LogP contribution in [0.4, 0.5) is 4.79 Å². The van der Waals surface area contributed by atoms with Crippen LogP contribution in [0.1, 0.15) is 52.9 Å². The van der Waals surface area contributed by atoms with E-state index in [9.17, 15) is 4.79 Å². The third-order valence-electron chi connectivity index (χ3n) is 4.86. The molecule has 0 aromatic heterocycles. The lowest BCUT2D eigenvalue weighted by atomic mass is 10.0. The molecule has 1 saturated carbocycles. The van der Waals surface area contributed by atoms with Crippen LogP contribution in [-0.2, 0) is 4.74 Å². The van der Waals surface area contributed by atoms with E-state index < -0.39 is 5.60 Å². The zero-order valence-corrected chi connectivity index (χ0v) is 14.4. The highest BCUT2D eigenvalue weighted by Crippen LogP contribution is 2.25. The summed E-state index contributed by atoms with van der Waals surface area (Å²) in [6.07, 6.45) is 5.89. The number of nitrogens with zero attached hydrogens (tertiary/aromatic N) is 1. The van der Waals surface area contributed by atoms with Crippen molar-refractivity contribution in [3.63, 3.8) is 0 Å². The smallest absolute Gasteiger partial charge is 0.410 e. The maximum absolute atomic E-state index is 12.0. The molecule has 5 nitrogen and oxygen atoms in total. The Bertz CT molecular complexity index is 367. The Balaban J connectivity index is 1.65. The fraction of sp³-hybridized carbons (Fsp3) is 0.941. The number of carbonyl (C=O) groups excluding carboxylic acids is 1. The summed E-state index contributed by atoms with van der Waals surface area (Å²) in [5.74, 6) is 1.25. The van der Waals surface area contributed by atoms with E-state index in [1.54, 1.807) is 0 Å². The van der Waals surface area contributed by atoms with Crippen LogP contribution in [0.3, 0.4) is 0 Å². The summed E-state index contributed by atoms with van der Waals surface area (Å²) in [5.41, 5.74) is 5.42. The zero-order valence-electron chi connectivity index (χ0n) is 14.4. The summed E-state index contributed by atoms with van der Waals surface area (Å²) in [7, 11) is 0. The van der Waals surface area contributed by atoms with E-state index in [-0.39, 0.29) is 6.09 Å². The van der Waals surface area contributed by atoms with Gasteiger partial charge in [-0.25, -0.2) is 4.79 Å². The number of likely N-dealkylation sites (tertiary alicyclic amines) is 1. The summed E-state index contributed by atoms with van der Waals surface area (Å²) in [5, 5.41) is 3.68. The van der Waals surface area contributed by atoms with Gasteiger partial charge in [-0.15, -0.1) is 0 Å². The molecule has 0 bridgehead atoms. The van der Waals surface area contributed by atoms with Crippen LogP contribution < -0.4 is 11.1 Å². The van der Waals surface area contributed by atoms with Crippen LogP contribution in [0.25, 0.3) is 0 Å². The summed E-state index contributed by atoms with van der Waals surface area (Å²) >= 11 is 0. The quantitative estimate of drug-likeness (QED) is 0.818. The molecule has 1 heterocycles. The number of ether oxygens (including phenoxy) is 1. The summed E-state index contributed by atoms with van der Waals surface area (Å²) in [6.45, 7) is 9.24. The molecule has 2 fully saturated rings. The van der Waals surface area contributed by atoms with Crippen LogP contribution in [0.2, 0.25) is 0 Å². The second-order valence-electron chi connectivity index (χ2n) is 7.86. The molecule has 1 aliphatic heterocycles. The van der Waals surface area contributed by atoms with Gasteiger partial charge in [0.15, 0.2) is 0 Å². The van der Waals surface area contributed by atoms with Crippen molar-refractivity contribution in [2.75, 3.05) is 26.2 Å². The van der Waals surface area contributed by atoms with Gasteiger partial charge < -0.3 is 20.7 Å². The van der Waals surface area contributed by atoms with Crippen molar-refractivity contribution in [2.45, 2.75) is 64.5 Å². The van der Waals surface area contributed by atoms with Crippen molar-refractivity contribution in [2.24, 2.45) is 17.6 Å². The van der Waals surface area contributed by atoms with E-state index in [4.69, 9.17) is 10.5 Å². The van der Waals surface area contributed by atoms with Crippen LogP contribution in [0, 0.1) is 11.8 Å². The van der Waals surface area contributed by atoms with Crippen molar-refractivity contribution in [1.29, 1.82) is 0 Å². The highest BCUT2D eigenvalue weighted by atomic mass is 16.6. The zero-order chi connectivity index (χ0) is 16.2. The van der Waals surface area contributed by atoms with Gasteiger partial charge in [0, 0.05) is 19.1 Å². The van der Waals surface area contributed by atoms with Gasteiger partial charge in [-0.05, 0) is 71.4 Å². The highest BCUT2D eigenvalue weighted by molar-refractivity contribution is 5.68.